The van der Waals surface area contributed by atoms with Crippen molar-refractivity contribution in [3.05, 3.63) is 69.5 Å². The van der Waals surface area contributed by atoms with Crippen LogP contribution < -0.4 is 4.90 Å². The minimum atomic E-state index is -0.528. The molecule has 1 aromatic carbocycles. The number of anilines is 1. The quantitative estimate of drug-likeness (QED) is 0.664. The van der Waals surface area contributed by atoms with Crippen LogP contribution in [-0.2, 0) is 14.3 Å². The third-order valence-corrected chi connectivity index (χ3v) is 6.57. The van der Waals surface area contributed by atoms with Gasteiger partial charge < -0.3 is 4.74 Å². The summed E-state index contributed by atoms with van der Waals surface area (Å²) in [6.07, 6.45) is 5.21. The van der Waals surface area contributed by atoms with Crippen LogP contribution in [0.2, 0.25) is 0 Å². The fraction of sp³-hybridized carbons (Fsp3) is 0.348. The number of carbonyl (C=O) groups excluding carboxylic acids is 2. The van der Waals surface area contributed by atoms with E-state index in [0.717, 1.165) is 41.3 Å². The molecular weight excluding hydrogens is 432 g/mol. The van der Waals surface area contributed by atoms with Crippen molar-refractivity contribution in [2.24, 2.45) is 5.92 Å². The van der Waals surface area contributed by atoms with E-state index in [1.165, 1.54) is 0 Å². The molecule has 0 spiro atoms. The molecule has 3 heterocycles. The Morgan fingerprint density at radius 3 is 2.76 bits per heavy atom. The molecule has 1 fully saturated rings. The van der Waals surface area contributed by atoms with Crippen LogP contribution in [0.3, 0.4) is 0 Å². The maximum atomic E-state index is 13.6. The molecule has 0 N–H and O–H groups in total. The van der Waals surface area contributed by atoms with Gasteiger partial charge in [0, 0.05) is 10.7 Å². The van der Waals surface area contributed by atoms with Crippen molar-refractivity contribution < 1.29 is 14.3 Å². The second kappa shape index (κ2) is 7.10. The number of hydrogen-bond donors (Lipinski definition) is 0. The van der Waals surface area contributed by atoms with Crippen molar-refractivity contribution in [1.29, 1.82) is 0 Å². The highest BCUT2D eigenvalue weighted by atomic mass is 79.9. The number of aryl methyl sites for hydroxylation is 1. The van der Waals surface area contributed by atoms with Crippen LogP contribution in [0.4, 0.5) is 5.82 Å². The highest BCUT2D eigenvalue weighted by Gasteiger charge is 2.52. The van der Waals surface area contributed by atoms with E-state index >= 15 is 0 Å². The van der Waals surface area contributed by atoms with Gasteiger partial charge in [0.15, 0.2) is 11.5 Å². The zero-order valence-corrected chi connectivity index (χ0v) is 17.7. The van der Waals surface area contributed by atoms with Gasteiger partial charge >= 0.3 is 0 Å². The van der Waals surface area contributed by atoms with Crippen molar-refractivity contribution >= 4 is 33.4 Å². The lowest BCUT2D eigenvalue weighted by molar-refractivity contribution is -0.131. The first kappa shape index (κ1) is 18.6. The van der Waals surface area contributed by atoms with Gasteiger partial charge in [-0.1, -0.05) is 34.5 Å². The molecule has 1 amide bonds. The topological polar surface area (TPSA) is 59.5 Å². The van der Waals surface area contributed by atoms with Gasteiger partial charge in [0.25, 0.3) is 5.91 Å². The van der Waals surface area contributed by atoms with Gasteiger partial charge in [-0.05, 0) is 61.6 Å². The molecule has 3 aliphatic rings. The zero-order valence-electron chi connectivity index (χ0n) is 16.1. The number of aromatic nitrogens is 1. The summed E-state index contributed by atoms with van der Waals surface area (Å²) >= 11 is 3.52. The molecule has 1 aromatic heterocycles. The molecule has 3 atom stereocenters. The Bertz CT molecular complexity index is 1050. The number of Topliss-reactive ketones (excluding diaryl/α,β-unsaturated/α-hetero) is 1. The maximum Gasteiger partial charge on any atom is 0.295 e. The van der Waals surface area contributed by atoms with Gasteiger partial charge in [-0.15, -0.1) is 0 Å². The van der Waals surface area contributed by atoms with Crippen molar-refractivity contribution in [3.8, 4) is 0 Å². The number of ketones is 1. The van der Waals surface area contributed by atoms with Crippen LogP contribution in [0, 0.1) is 12.8 Å². The number of pyridine rings is 1. The second-order valence-corrected chi connectivity index (χ2v) is 8.89. The lowest BCUT2D eigenvalue weighted by Gasteiger charge is -2.35. The largest absolute Gasteiger partial charge is 0.483 e. The van der Waals surface area contributed by atoms with Crippen molar-refractivity contribution in [1.82, 2.24) is 4.98 Å². The molecule has 29 heavy (non-hydrogen) atoms. The number of fused-ring (bicyclic) bond motifs is 1. The maximum absolute atomic E-state index is 13.6. The van der Waals surface area contributed by atoms with Crippen molar-refractivity contribution in [3.63, 3.8) is 0 Å². The third-order valence-electron chi connectivity index (χ3n) is 6.08. The van der Waals surface area contributed by atoms with Gasteiger partial charge in [-0.2, -0.15) is 0 Å². The van der Waals surface area contributed by atoms with Crippen LogP contribution in [0.5, 0.6) is 0 Å². The van der Waals surface area contributed by atoms with E-state index in [-0.39, 0.29) is 29.5 Å². The highest BCUT2D eigenvalue weighted by Crippen LogP contribution is 2.48. The van der Waals surface area contributed by atoms with E-state index < -0.39 is 6.04 Å². The summed E-state index contributed by atoms with van der Waals surface area (Å²) in [5.74, 6) is 0.375. The minimum absolute atomic E-state index is 0.0597. The molecule has 3 unspecified atom stereocenters. The molecular formula is C23H21BrN2O3. The first-order valence-corrected chi connectivity index (χ1v) is 10.8. The molecule has 2 aliphatic heterocycles. The third kappa shape index (κ3) is 3.01. The first-order chi connectivity index (χ1) is 14.0. The number of rotatable bonds is 2. The minimum Gasteiger partial charge on any atom is -0.483 e. The molecule has 5 rings (SSSR count). The fourth-order valence-corrected chi connectivity index (χ4v) is 5.14. The SMILES string of the molecule is Cc1ccnc(N2C(=O)C3=C(C(=O)C4CCCCC4O3)C2c2cccc(Br)c2)c1. The van der Waals surface area contributed by atoms with Gasteiger partial charge in [0.05, 0.1) is 17.5 Å². The number of carbonyl (C=O) groups is 2. The van der Waals surface area contributed by atoms with Crippen LogP contribution in [0.1, 0.15) is 42.9 Å². The summed E-state index contributed by atoms with van der Waals surface area (Å²) in [7, 11) is 0. The van der Waals surface area contributed by atoms with Crippen molar-refractivity contribution in [2.45, 2.75) is 44.8 Å². The average molecular weight is 453 g/mol. The number of halogens is 1. The van der Waals surface area contributed by atoms with Crippen LogP contribution in [-0.4, -0.2) is 22.8 Å². The number of hydrogen-bond acceptors (Lipinski definition) is 4. The zero-order chi connectivity index (χ0) is 20.1. The number of benzene rings is 1. The molecule has 1 aliphatic carbocycles. The van der Waals surface area contributed by atoms with E-state index in [4.69, 9.17) is 4.74 Å². The average Bonchev–Trinajstić information content (AvgIpc) is 3.01. The Balaban J connectivity index is 1.68. The molecule has 2 aromatic rings. The molecule has 6 heteroatoms. The summed E-state index contributed by atoms with van der Waals surface area (Å²) in [4.78, 5) is 33.1. The van der Waals surface area contributed by atoms with Crippen LogP contribution >= 0.6 is 15.9 Å². The standard InChI is InChI=1S/C23H21BrN2O3/c1-13-9-10-25-18(11-13)26-20(14-5-4-6-15(24)12-14)19-21(27)16-7-2-3-8-17(16)29-22(19)23(26)28/h4-6,9-12,16-17,20H,2-3,7-8H2,1H3. The summed E-state index contributed by atoms with van der Waals surface area (Å²) in [6.45, 7) is 1.96. The molecule has 0 saturated heterocycles. The van der Waals surface area contributed by atoms with Gasteiger partial charge in [-0.25, -0.2) is 4.98 Å². The summed E-state index contributed by atoms with van der Waals surface area (Å²) in [6, 6.07) is 11.0. The predicted molar refractivity (Wildman–Crippen MR) is 112 cm³/mol. The Morgan fingerprint density at radius 2 is 1.97 bits per heavy atom. The van der Waals surface area contributed by atoms with E-state index in [2.05, 4.69) is 20.9 Å². The van der Waals surface area contributed by atoms with Gasteiger partial charge in [0.2, 0.25) is 0 Å². The highest BCUT2D eigenvalue weighted by molar-refractivity contribution is 9.10. The normalized spacial score (nSPS) is 26.3. The van der Waals surface area contributed by atoms with Crippen LogP contribution in [0.15, 0.2) is 58.4 Å². The molecule has 1 saturated carbocycles. The summed E-state index contributed by atoms with van der Waals surface area (Å²) in [5, 5.41) is 0. The monoisotopic (exact) mass is 452 g/mol. The molecule has 0 bridgehead atoms. The Labute approximate surface area is 177 Å². The van der Waals surface area contributed by atoms with E-state index in [1.807, 2.05) is 43.3 Å². The van der Waals surface area contributed by atoms with Gasteiger partial charge in [-0.3, -0.25) is 14.5 Å². The lowest BCUT2D eigenvalue weighted by Crippen LogP contribution is -2.39. The summed E-state index contributed by atoms with van der Waals surface area (Å²) < 4.78 is 7.09. The lowest BCUT2D eigenvalue weighted by atomic mass is 9.77. The molecule has 0 radical (unpaired) electrons. The Kier molecular flexibility index (Phi) is 4.54. The second-order valence-electron chi connectivity index (χ2n) is 7.98. The Hall–Kier alpha value is -2.47. The van der Waals surface area contributed by atoms with Gasteiger partial charge in [0.1, 0.15) is 11.9 Å². The fourth-order valence-electron chi connectivity index (χ4n) is 4.73. The molecule has 5 nitrogen and oxygen atoms in total. The first-order valence-electron chi connectivity index (χ1n) is 10.0. The smallest absolute Gasteiger partial charge is 0.295 e. The number of ether oxygens (including phenoxy) is 1. The molecule has 148 valence electrons. The van der Waals surface area contributed by atoms with E-state index in [1.54, 1.807) is 11.1 Å². The predicted octanol–water partition coefficient (Wildman–Crippen LogP) is 4.65. The summed E-state index contributed by atoms with van der Waals surface area (Å²) in [5.41, 5.74) is 2.35. The van der Waals surface area contributed by atoms with Crippen LogP contribution in [0.25, 0.3) is 0 Å². The Morgan fingerprint density at radius 1 is 1.14 bits per heavy atom. The van der Waals surface area contributed by atoms with Crippen molar-refractivity contribution in [2.75, 3.05) is 4.90 Å². The number of amides is 1. The van der Waals surface area contributed by atoms with E-state index in [9.17, 15) is 9.59 Å². The van der Waals surface area contributed by atoms with E-state index in [0.29, 0.717) is 11.4 Å². The number of nitrogens with zero attached hydrogens (tertiary/aromatic N) is 2.